The Labute approximate surface area is 152 Å². The Morgan fingerprint density at radius 3 is 3.04 bits per heavy atom. The molecule has 0 aliphatic rings. The Kier molecular flexibility index (Phi) is 3.39. The van der Waals surface area contributed by atoms with E-state index in [1.165, 1.54) is 11.3 Å². The van der Waals surface area contributed by atoms with Crippen LogP contribution < -0.4 is 5.32 Å². The molecule has 4 heterocycles. The van der Waals surface area contributed by atoms with Crippen LogP contribution in [0.2, 0.25) is 0 Å². The number of pyridine rings is 1. The number of aryl methyl sites for hydroxylation is 1. The van der Waals surface area contributed by atoms with E-state index in [1.807, 2.05) is 25.4 Å². The van der Waals surface area contributed by atoms with E-state index in [0.29, 0.717) is 6.42 Å². The van der Waals surface area contributed by atoms with Crippen LogP contribution in [0, 0.1) is 0 Å². The van der Waals surface area contributed by atoms with Gasteiger partial charge >= 0.3 is 0 Å². The summed E-state index contributed by atoms with van der Waals surface area (Å²) in [6, 6.07) is 10.2. The second kappa shape index (κ2) is 5.88. The average molecular weight is 362 g/mol. The van der Waals surface area contributed by atoms with E-state index in [2.05, 4.69) is 48.9 Å². The molecule has 26 heavy (non-hydrogen) atoms. The first kappa shape index (κ1) is 15.0. The number of anilines is 2. The number of rotatable bonds is 4. The predicted octanol–water partition coefficient (Wildman–Crippen LogP) is 2.80. The fourth-order valence-electron chi connectivity index (χ4n) is 2.85. The average Bonchev–Trinajstić information content (AvgIpc) is 3.33. The molecular weight excluding hydrogens is 348 g/mol. The largest absolute Gasteiger partial charge is 0.327 e. The lowest BCUT2D eigenvalue weighted by molar-refractivity contribution is 0.768. The van der Waals surface area contributed by atoms with Crippen molar-refractivity contribution in [3.8, 4) is 0 Å². The van der Waals surface area contributed by atoms with E-state index in [4.69, 9.17) is 0 Å². The van der Waals surface area contributed by atoms with E-state index in [0.717, 1.165) is 38.1 Å². The minimum absolute atomic E-state index is 0.655. The van der Waals surface area contributed by atoms with Crippen LogP contribution >= 0.6 is 11.3 Å². The number of aromatic nitrogens is 7. The highest BCUT2D eigenvalue weighted by Crippen LogP contribution is 2.23. The number of nitrogens with one attached hydrogen (secondary N) is 1. The Morgan fingerprint density at radius 2 is 2.15 bits per heavy atom. The van der Waals surface area contributed by atoms with Crippen LogP contribution in [0.5, 0.6) is 0 Å². The third kappa shape index (κ3) is 2.68. The molecule has 1 N–H and O–H groups in total. The van der Waals surface area contributed by atoms with Crippen molar-refractivity contribution < 1.29 is 0 Å². The maximum Gasteiger partial charge on any atom is 0.236 e. The van der Waals surface area contributed by atoms with E-state index in [1.54, 1.807) is 21.6 Å². The highest BCUT2D eigenvalue weighted by molar-refractivity contribution is 7.20. The predicted molar refractivity (Wildman–Crippen MR) is 99.7 cm³/mol. The van der Waals surface area contributed by atoms with Crippen LogP contribution in [-0.4, -0.2) is 34.6 Å². The van der Waals surface area contributed by atoms with E-state index >= 15 is 0 Å². The normalized spacial score (nSPS) is 11.4. The first-order chi connectivity index (χ1) is 12.7. The van der Waals surface area contributed by atoms with Gasteiger partial charge in [-0.1, -0.05) is 23.5 Å². The van der Waals surface area contributed by atoms with Crippen molar-refractivity contribution in [3.05, 3.63) is 60.3 Å². The summed E-state index contributed by atoms with van der Waals surface area (Å²) in [5.74, 6) is 0.804. The molecule has 0 saturated carbocycles. The molecule has 0 atom stereocenters. The van der Waals surface area contributed by atoms with Gasteiger partial charge in [-0.2, -0.15) is 9.61 Å². The molecule has 4 aromatic heterocycles. The quantitative estimate of drug-likeness (QED) is 0.529. The minimum Gasteiger partial charge on any atom is -0.327 e. The van der Waals surface area contributed by atoms with Gasteiger partial charge in [0.2, 0.25) is 10.1 Å². The third-order valence-electron chi connectivity index (χ3n) is 4.04. The molecule has 9 heteroatoms. The van der Waals surface area contributed by atoms with Crippen molar-refractivity contribution in [2.45, 2.75) is 6.42 Å². The molecule has 0 radical (unpaired) electrons. The van der Waals surface area contributed by atoms with Crippen LogP contribution in [0.25, 0.3) is 15.9 Å². The Hall–Kier alpha value is -3.33. The maximum atomic E-state index is 4.59. The van der Waals surface area contributed by atoms with Gasteiger partial charge in [0.25, 0.3) is 0 Å². The number of fused-ring (bicyclic) bond motifs is 2. The van der Waals surface area contributed by atoms with Crippen molar-refractivity contribution in [1.82, 2.24) is 34.6 Å². The first-order valence-electron chi connectivity index (χ1n) is 8.05. The third-order valence-corrected chi connectivity index (χ3v) is 4.86. The number of nitrogens with zero attached hydrogens (tertiary/aromatic N) is 7. The highest BCUT2D eigenvalue weighted by atomic mass is 32.1. The van der Waals surface area contributed by atoms with Gasteiger partial charge < -0.3 is 5.32 Å². The van der Waals surface area contributed by atoms with Crippen LogP contribution in [0.3, 0.4) is 0 Å². The molecule has 5 rings (SSSR count). The van der Waals surface area contributed by atoms with Crippen molar-refractivity contribution >= 4 is 38.0 Å². The summed E-state index contributed by atoms with van der Waals surface area (Å²) in [5, 5.41) is 22.4. The summed E-state index contributed by atoms with van der Waals surface area (Å²) >= 11 is 1.46. The SMILES string of the molecule is Cn1cc(Nc2nn3c(Cc4ccc5ncccc5c4)nnc3s2)cn1. The highest BCUT2D eigenvalue weighted by Gasteiger charge is 2.13. The minimum atomic E-state index is 0.655. The van der Waals surface area contributed by atoms with Gasteiger partial charge in [0.1, 0.15) is 0 Å². The van der Waals surface area contributed by atoms with Gasteiger partial charge in [0.05, 0.1) is 17.4 Å². The molecule has 0 aliphatic carbocycles. The lowest BCUT2D eigenvalue weighted by Gasteiger charge is -2.01. The molecule has 0 fully saturated rings. The molecular formula is C17H14N8S. The van der Waals surface area contributed by atoms with Gasteiger partial charge in [0.15, 0.2) is 5.82 Å². The molecule has 0 unspecified atom stereocenters. The van der Waals surface area contributed by atoms with Crippen molar-refractivity contribution in [2.75, 3.05) is 5.32 Å². The van der Waals surface area contributed by atoms with Crippen molar-refractivity contribution in [1.29, 1.82) is 0 Å². The summed E-state index contributed by atoms with van der Waals surface area (Å²) in [6.07, 6.45) is 6.11. The van der Waals surface area contributed by atoms with Gasteiger partial charge in [-0.25, -0.2) is 0 Å². The van der Waals surface area contributed by atoms with Gasteiger partial charge in [0, 0.05) is 31.2 Å². The van der Waals surface area contributed by atoms with Crippen LogP contribution in [0.15, 0.2) is 48.9 Å². The molecule has 1 aromatic carbocycles. The maximum absolute atomic E-state index is 4.59. The van der Waals surface area contributed by atoms with Crippen LogP contribution in [0.1, 0.15) is 11.4 Å². The van der Waals surface area contributed by atoms with Gasteiger partial charge in [-0.3, -0.25) is 9.67 Å². The van der Waals surface area contributed by atoms with Gasteiger partial charge in [-0.15, -0.1) is 15.3 Å². The first-order valence-corrected chi connectivity index (χ1v) is 8.87. The number of hydrogen-bond donors (Lipinski definition) is 1. The van der Waals surface area contributed by atoms with Crippen molar-refractivity contribution in [3.63, 3.8) is 0 Å². The summed E-state index contributed by atoms with van der Waals surface area (Å²) in [5.41, 5.74) is 3.02. The molecule has 128 valence electrons. The van der Waals surface area contributed by atoms with Crippen molar-refractivity contribution in [2.24, 2.45) is 7.05 Å². The monoisotopic (exact) mass is 362 g/mol. The fraction of sp³-hybridized carbons (Fsp3) is 0.118. The van der Waals surface area contributed by atoms with E-state index in [-0.39, 0.29) is 0 Å². The zero-order valence-corrected chi connectivity index (χ0v) is 14.7. The summed E-state index contributed by atoms with van der Waals surface area (Å²) in [6.45, 7) is 0. The van der Waals surface area contributed by atoms with Crippen LogP contribution in [-0.2, 0) is 13.5 Å². The molecule has 5 aromatic rings. The summed E-state index contributed by atoms with van der Waals surface area (Å²) in [7, 11) is 1.88. The molecule has 0 aliphatic heterocycles. The lowest BCUT2D eigenvalue weighted by Crippen LogP contribution is -1.99. The smallest absolute Gasteiger partial charge is 0.236 e. The number of hydrogen-bond acceptors (Lipinski definition) is 7. The second-order valence-corrected chi connectivity index (χ2v) is 6.91. The van der Waals surface area contributed by atoms with E-state index in [9.17, 15) is 0 Å². The van der Waals surface area contributed by atoms with E-state index < -0.39 is 0 Å². The zero-order valence-electron chi connectivity index (χ0n) is 13.9. The molecule has 0 bridgehead atoms. The van der Waals surface area contributed by atoms with Gasteiger partial charge in [-0.05, 0) is 23.8 Å². The molecule has 8 nitrogen and oxygen atoms in total. The molecule has 0 spiro atoms. The Bertz CT molecular complexity index is 1220. The zero-order chi connectivity index (χ0) is 17.5. The summed E-state index contributed by atoms with van der Waals surface area (Å²) in [4.78, 5) is 5.11. The topological polar surface area (TPSA) is 85.8 Å². The number of benzene rings is 1. The fourth-order valence-corrected chi connectivity index (χ4v) is 3.62. The summed E-state index contributed by atoms with van der Waals surface area (Å²) < 4.78 is 3.53. The standard InChI is InChI=1S/C17H14N8S/c1-24-10-13(9-19-24)20-16-23-25-15(21-22-17(25)26-16)8-11-4-5-14-12(7-11)3-2-6-18-14/h2-7,9-10H,8H2,1H3,(H,20,23). The Morgan fingerprint density at radius 1 is 1.19 bits per heavy atom. The Balaban J connectivity index is 1.44. The van der Waals surface area contributed by atoms with Crippen LogP contribution in [0.4, 0.5) is 10.8 Å². The molecule has 0 amide bonds. The lowest BCUT2D eigenvalue weighted by atomic mass is 10.1. The molecule has 0 saturated heterocycles. The second-order valence-electron chi connectivity index (χ2n) is 5.95.